The Morgan fingerprint density at radius 2 is 1.85 bits per heavy atom. The smallest absolute Gasteiger partial charge is 0.145 e. The lowest BCUT2D eigenvalue weighted by Gasteiger charge is -2.07. The van der Waals surface area contributed by atoms with Crippen molar-refractivity contribution in [3.8, 4) is 17.0 Å². The zero-order valence-corrected chi connectivity index (χ0v) is 13.1. The van der Waals surface area contributed by atoms with Gasteiger partial charge in [-0.15, -0.1) is 0 Å². The van der Waals surface area contributed by atoms with Crippen LogP contribution in [0.25, 0.3) is 22.3 Å². The first kappa shape index (κ1) is 13.1. The Bertz CT molecular complexity index is 778. The third kappa shape index (κ3) is 2.08. The van der Waals surface area contributed by atoms with Crippen LogP contribution in [0.2, 0.25) is 0 Å². The number of halogens is 1. The van der Waals surface area contributed by atoms with E-state index >= 15 is 0 Å². The molecule has 3 aromatic rings. The molecule has 0 saturated carbocycles. The molecule has 5 heteroatoms. The minimum Gasteiger partial charge on any atom is -0.497 e. The number of ether oxygens (including phenoxy) is 1. The highest BCUT2D eigenvalue weighted by Gasteiger charge is 2.14. The highest BCUT2D eigenvalue weighted by molar-refractivity contribution is 9.10. The van der Waals surface area contributed by atoms with Crippen LogP contribution in [0.15, 0.2) is 34.9 Å². The van der Waals surface area contributed by atoms with Crippen LogP contribution in [0.1, 0.15) is 5.82 Å². The third-order valence-electron chi connectivity index (χ3n) is 3.25. The summed E-state index contributed by atoms with van der Waals surface area (Å²) in [5, 5.41) is 1.03. The maximum Gasteiger partial charge on any atom is 0.145 e. The summed E-state index contributed by atoms with van der Waals surface area (Å²) in [6, 6.07) is 7.91. The molecule has 0 atom stereocenters. The number of nitrogens with zero attached hydrogens (tertiary/aromatic N) is 3. The number of methoxy groups -OCH3 is 1. The SMILES string of the molecule is COc1ccc(-c2nc(C)nc3c2c(Br)cn3C)cc1. The summed E-state index contributed by atoms with van der Waals surface area (Å²) in [6.07, 6.45) is 2.01. The highest BCUT2D eigenvalue weighted by Crippen LogP contribution is 2.33. The van der Waals surface area contributed by atoms with Gasteiger partial charge in [-0.2, -0.15) is 0 Å². The van der Waals surface area contributed by atoms with Crippen LogP contribution in [0.4, 0.5) is 0 Å². The van der Waals surface area contributed by atoms with Crippen LogP contribution in [-0.4, -0.2) is 21.6 Å². The Balaban J connectivity index is 2.28. The minimum atomic E-state index is 0.761. The molecule has 0 spiro atoms. The molecule has 0 aliphatic heterocycles. The third-order valence-corrected chi connectivity index (χ3v) is 3.85. The number of hydrogen-bond donors (Lipinski definition) is 0. The standard InChI is InChI=1S/C15H14BrN3O/c1-9-17-14(10-4-6-11(20-3)7-5-10)13-12(16)8-19(2)15(13)18-9/h4-8H,1-3H3. The summed E-state index contributed by atoms with van der Waals surface area (Å²) in [4.78, 5) is 9.12. The molecule has 102 valence electrons. The van der Waals surface area contributed by atoms with E-state index in [4.69, 9.17) is 4.74 Å². The summed E-state index contributed by atoms with van der Waals surface area (Å²) < 4.78 is 8.20. The van der Waals surface area contributed by atoms with Crippen LogP contribution in [0.3, 0.4) is 0 Å². The molecule has 0 radical (unpaired) electrons. The Morgan fingerprint density at radius 1 is 1.15 bits per heavy atom. The van der Waals surface area contributed by atoms with Crippen LogP contribution in [0, 0.1) is 6.92 Å². The van der Waals surface area contributed by atoms with E-state index in [0.717, 1.165) is 38.3 Å². The van der Waals surface area contributed by atoms with E-state index in [1.165, 1.54) is 0 Å². The molecule has 4 nitrogen and oxygen atoms in total. The molecule has 0 bridgehead atoms. The minimum absolute atomic E-state index is 0.761. The van der Waals surface area contributed by atoms with E-state index in [2.05, 4.69) is 25.9 Å². The van der Waals surface area contributed by atoms with Crippen molar-refractivity contribution in [2.24, 2.45) is 7.05 Å². The molecule has 0 aliphatic carbocycles. The lowest BCUT2D eigenvalue weighted by atomic mass is 10.1. The lowest BCUT2D eigenvalue weighted by molar-refractivity contribution is 0.415. The quantitative estimate of drug-likeness (QED) is 0.718. The monoisotopic (exact) mass is 331 g/mol. The van der Waals surface area contributed by atoms with E-state index in [9.17, 15) is 0 Å². The number of aromatic nitrogens is 3. The molecule has 0 fully saturated rings. The van der Waals surface area contributed by atoms with Crippen molar-refractivity contribution < 1.29 is 4.74 Å². The van der Waals surface area contributed by atoms with Crippen LogP contribution >= 0.6 is 15.9 Å². The zero-order chi connectivity index (χ0) is 14.3. The van der Waals surface area contributed by atoms with Gasteiger partial charge in [0.15, 0.2) is 0 Å². The summed E-state index contributed by atoms with van der Waals surface area (Å²) in [7, 11) is 3.65. The number of hydrogen-bond acceptors (Lipinski definition) is 3. The zero-order valence-electron chi connectivity index (χ0n) is 11.5. The highest BCUT2D eigenvalue weighted by atomic mass is 79.9. The Hall–Kier alpha value is -1.88. The van der Waals surface area contributed by atoms with Gasteiger partial charge in [0.05, 0.1) is 18.2 Å². The molecule has 0 saturated heterocycles. The normalized spacial score (nSPS) is 11.0. The van der Waals surface area contributed by atoms with Crippen LogP contribution in [0.5, 0.6) is 5.75 Å². The van der Waals surface area contributed by atoms with Gasteiger partial charge in [0, 0.05) is 23.3 Å². The van der Waals surface area contributed by atoms with Gasteiger partial charge in [0.1, 0.15) is 17.2 Å². The Labute approximate surface area is 125 Å². The molecule has 2 aromatic heterocycles. The van der Waals surface area contributed by atoms with Gasteiger partial charge >= 0.3 is 0 Å². The van der Waals surface area contributed by atoms with Gasteiger partial charge in [0.2, 0.25) is 0 Å². The van der Waals surface area contributed by atoms with Crippen LogP contribution < -0.4 is 4.74 Å². The second-order valence-corrected chi connectivity index (χ2v) is 5.49. The van der Waals surface area contributed by atoms with Gasteiger partial charge in [0.25, 0.3) is 0 Å². The number of benzene rings is 1. The lowest BCUT2D eigenvalue weighted by Crippen LogP contribution is -1.96. The average Bonchev–Trinajstić information content (AvgIpc) is 2.73. The van der Waals surface area contributed by atoms with Crippen molar-refractivity contribution in [2.75, 3.05) is 7.11 Å². The van der Waals surface area contributed by atoms with Gasteiger partial charge in [-0.3, -0.25) is 0 Å². The number of rotatable bonds is 2. The Kier molecular flexibility index (Phi) is 3.22. The average molecular weight is 332 g/mol. The van der Waals surface area contributed by atoms with E-state index < -0.39 is 0 Å². The van der Waals surface area contributed by atoms with Crippen LogP contribution in [-0.2, 0) is 7.05 Å². The first-order valence-electron chi connectivity index (χ1n) is 6.23. The Morgan fingerprint density at radius 3 is 2.50 bits per heavy atom. The first-order chi connectivity index (χ1) is 9.60. The molecule has 20 heavy (non-hydrogen) atoms. The van der Waals surface area contributed by atoms with Crippen molar-refractivity contribution in [1.82, 2.24) is 14.5 Å². The summed E-state index contributed by atoms with van der Waals surface area (Å²) >= 11 is 3.59. The van der Waals surface area contributed by atoms with Crippen molar-refractivity contribution >= 4 is 27.0 Å². The maximum absolute atomic E-state index is 5.20. The molecular formula is C15H14BrN3O. The molecule has 3 rings (SSSR count). The molecule has 1 aromatic carbocycles. The summed E-state index contributed by atoms with van der Waals surface area (Å²) in [5.41, 5.74) is 2.91. The molecule has 0 unspecified atom stereocenters. The number of aryl methyl sites for hydroxylation is 2. The molecule has 0 aliphatic rings. The topological polar surface area (TPSA) is 39.9 Å². The van der Waals surface area contributed by atoms with Crippen molar-refractivity contribution in [3.05, 3.63) is 40.8 Å². The largest absolute Gasteiger partial charge is 0.497 e. The van der Waals surface area contributed by atoms with Crippen molar-refractivity contribution in [3.63, 3.8) is 0 Å². The van der Waals surface area contributed by atoms with E-state index in [0.29, 0.717) is 0 Å². The van der Waals surface area contributed by atoms with Crippen molar-refractivity contribution in [1.29, 1.82) is 0 Å². The fourth-order valence-corrected chi connectivity index (χ4v) is 2.96. The molecule has 0 N–H and O–H groups in total. The second-order valence-electron chi connectivity index (χ2n) is 4.63. The molecule has 2 heterocycles. The molecule has 0 amide bonds. The summed E-state index contributed by atoms with van der Waals surface area (Å²) in [5.74, 6) is 1.60. The van der Waals surface area contributed by atoms with Crippen molar-refractivity contribution in [2.45, 2.75) is 6.92 Å². The number of fused-ring (bicyclic) bond motifs is 1. The van der Waals surface area contributed by atoms with Gasteiger partial charge < -0.3 is 9.30 Å². The maximum atomic E-state index is 5.20. The van der Waals surface area contributed by atoms with Gasteiger partial charge in [-0.05, 0) is 47.1 Å². The summed E-state index contributed by atoms with van der Waals surface area (Å²) in [6.45, 7) is 1.91. The fourth-order valence-electron chi connectivity index (χ4n) is 2.29. The second kappa shape index (κ2) is 4.90. The van der Waals surface area contributed by atoms with E-state index in [-0.39, 0.29) is 0 Å². The molecular weight excluding hydrogens is 318 g/mol. The predicted octanol–water partition coefficient (Wildman–Crippen LogP) is 3.71. The van der Waals surface area contributed by atoms with Gasteiger partial charge in [-0.1, -0.05) is 0 Å². The van der Waals surface area contributed by atoms with E-state index in [1.54, 1.807) is 7.11 Å². The first-order valence-corrected chi connectivity index (χ1v) is 7.03. The van der Waals surface area contributed by atoms with Gasteiger partial charge in [-0.25, -0.2) is 9.97 Å². The van der Waals surface area contributed by atoms with E-state index in [1.807, 2.05) is 49.0 Å². The predicted molar refractivity (Wildman–Crippen MR) is 82.9 cm³/mol. The fraction of sp³-hybridized carbons (Fsp3) is 0.200.